The molecule has 0 amide bonds. The summed E-state index contributed by atoms with van der Waals surface area (Å²) in [6, 6.07) is 26.2. The molecule has 0 radical (unpaired) electrons. The van der Waals surface area contributed by atoms with E-state index in [0.29, 0.717) is 0 Å². The second kappa shape index (κ2) is 6.72. The summed E-state index contributed by atoms with van der Waals surface area (Å²) in [6.45, 7) is 0. The lowest BCUT2D eigenvalue weighted by molar-refractivity contribution is 0.908. The molecule has 0 unspecified atom stereocenters. The molecule has 0 spiro atoms. The average molecular weight is 364 g/mol. The van der Waals surface area contributed by atoms with Crippen LogP contribution >= 0.6 is 0 Å². The molecule has 138 valence electrons. The molecule has 1 aliphatic carbocycles. The van der Waals surface area contributed by atoms with Crippen LogP contribution in [0.25, 0.3) is 28.1 Å². The van der Waals surface area contributed by atoms with Crippen LogP contribution in [-0.4, -0.2) is 11.6 Å². The standard InChI is InChI=1S/C26H24N2/c1-27(21-14-12-20(13-15-21)19-8-4-3-5-9-19)22-16-17-26-24(18-22)23-10-6-7-11-25(23)28(26)2/h3-5,7-9,11-18H,6,10H2,1-2H3. The van der Waals surface area contributed by atoms with Crippen LogP contribution in [0.15, 0.2) is 78.9 Å². The van der Waals surface area contributed by atoms with E-state index in [1.807, 2.05) is 0 Å². The molecule has 3 aromatic carbocycles. The molecular weight excluding hydrogens is 340 g/mol. The average Bonchev–Trinajstić information content (AvgIpc) is 3.06. The van der Waals surface area contributed by atoms with Gasteiger partial charge in [-0.1, -0.05) is 48.5 Å². The Bertz CT molecular complexity index is 1160. The van der Waals surface area contributed by atoms with Crippen LogP contribution in [-0.2, 0) is 13.5 Å². The maximum atomic E-state index is 2.35. The molecule has 5 rings (SSSR count). The molecule has 1 aromatic heterocycles. The van der Waals surface area contributed by atoms with E-state index in [-0.39, 0.29) is 0 Å². The highest BCUT2D eigenvalue weighted by molar-refractivity contribution is 5.92. The Morgan fingerprint density at radius 3 is 2.32 bits per heavy atom. The second-order valence-corrected chi connectivity index (χ2v) is 7.54. The summed E-state index contributed by atoms with van der Waals surface area (Å²) in [6.07, 6.45) is 6.81. The van der Waals surface area contributed by atoms with Gasteiger partial charge < -0.3 is 9.47 Å². The van der Waals surface area contributed by atoms with Crippen molar-refractivity contribution in [2.24, 2.45) is 7.05 Å². The van der Waals surface area contributed by atoms with Gasteiger partial charge in [-0.15, -0.1) is 0 Å². The van der Waals surface area contributed by atoms with E-state index in [1.165, 1.54) is 44.7 Å². The van der Waals surface area contributed by atoms with Gasteiger partial charge in [0.15, 0.2) is 0 Å². The van der Waals surface area contributed by atoms with Gasteiger partial charge in [0, 0.05) is 42.1 Å². The number of anilines is 2. The van der Waals surface area contributed by atoms with Gasteiger partial charge in [-0.25, -0.2) is 0 Å². The summed E-state index contributed by atoms with van der Waals surface area (Å²) in [4.78, 5) is 2.27. The number of rotatable bonds is 3. The number of fused-ring (bicyclic) bond motifs is 3. The Kier molecular flexibility index (Phi) is 4.05. The summed E-state index contributed by atoms with van der Waals surface area (Å²) < 4.78 is 2.32. The third-order valence-corrected chi connectivity index (χ3v) is 5.92. The van der Waals surface area contributed by atoms with Gasteiger partial charge in [0.2, 0.25) is 0 Å². The highest BCUT2D eigenvalue weighted by atomic mass is 15.1. The molecule has 1 heterocycles. The van der Waals surface area contributed by atoms with Crippen LogP contribution in [0.4, 0.5) is 11.4 Å². The van der Waals surface area contributed by atoms with Crippen molar-refractivity contribution in [3.63, 3.8) is 0 Å². The van der Waals surface area contributed by atoms with E-state index in [2.05, 4.69) is 109 Å². The van der Waals surface area contributed by atoms with Crippen LogP contribution in [0, 0.1) is 0 Å². The molecule has 0 saturated heterocycles. The predicted octanol–water partition coefficient (Wildman–Crippen LogP) is 6.57. The predicted molar refractivity (Wildman–Crippen MR) is 120 cm³/mol. The monoisotopic (exact) mass is 364 g/mol. The molecule has 0 bridgehead atoms. The highest BCUT2D eigenvalue weighted by Crippen LogP contribution is 2.35. The minimum Gasteiger partial charge on any atom is -0.345 e. The summed E-state index contributed by atoms with van der Waals surface area (Å²) in [5, 5.41) is 1.38. The Labute approximate surface area is 166 Å². The zero-order valence-corrected chi connectivity index (χ0v) is 16.4. The molecule has 0 aliphatic heterocycles. The second-order valence-electron chi connectivity index (χ2n) is 7.54. The first-order valence-electron chi connectivity index (χ1n) is 9.89. The van der Waals surface area contributed by atoms with E-state index in [4.69, 9.17) is 0 Å². The van der Waals surface area contributed by atoms with E-state index in [0.717, 1.165) is 12.8 Å². The zero-order chi connectivity index (χ0) is 19.1. The summed E-state index contributed by atoms with van der Waals surface area (Å²) in [5.41, 5.74) is 9.07. The number of allylic oxidation sites excluding steroid dienone is 1. The summed E-state index contributed by atoms with van der Waals surface area (Å²) in [5.74, 6) is 0. The number of nitrogens with zero attached hydrogens (tertiary/aromatic N) is 2. The minimum atomic E-state index is 1.13. The van der Waals surface area contributed by atoms with E-state index < -0.39 is 0 Å². The van der Waals surface area contributed by atoms with Crippen molar-refractivity contribution >= 4 is 28.4 Å². The van der Waals surface area contributed by atoms with E-state index in [1.54, 1.807) is 0 Å². The number of aromatic nitrogens is 1. The third kappa shape index (κ3) is 2.73. The van der Waals surface area contributed by atoms with Gasteiger partial charge in [-0.2, -0.15) is 0 Å². The smallest absolute Gasteiger partial charge is 0.0486 e. The first kappa shape index (κ1) is 16.9. The molecule has 0 fully saturated rings. The molecule has 2 heteroatoms. The van der Waals surface area contributed by atoms with Gasteiger partial charge in [0.25, 0.3) is 0 Å². The SMILES string of the molecule is CN(c1ccc(-c2ccccc2)cc1)c1ccc2c(c1)c1c(n2C)C=CCC1. The molecule has 1 aliphatic rings. The zero-order valence-electron chi connectivity index (χ0n) is 16.4. The first-order valence-corrected chi connectivity index (χ1v) is 9.89. The molecule has 0 saturated carbocycles. The third-order valence-electron chi connectivity index (χ3n) is 5.92. The van der Waals surface area contributed by atoms with Gasteiger partial charge in [0.05, 0.1) is 0 Å². The van der Waals surface area contributed by atoms with Gasteiger partial charge in [-0.05, 0) is 65.9 Å². The fraction of sp³-hybridized carbons (Fsp3) is 0.154. The normalized spacial score (nSPS) is 12.9. The van der Waals surface area contributed by atoms with E-state index >= 15 is 0 Å². The van der Waals surface area contributed by atoms with Gasteiger partial charge in [0.1, 0.15) is 0 Å². The number of hydrogen-bond acceptors (Lipinski definition) is 1. The fourth-order valence-electron chi connectivity index (χ4n) is 4.29. The Balaban J connectivity index is 1.50. The topological polar surface area (TPSA) is 8.17 Å². The Morgan fingerprint density at radius 2 is 1.54 bits per heavy atom. The van der Waals surface area contributed by atoms with Gasteiger partial charge in [-0.3, -0.25) is 0 Å². The van der Waals surface area contributed by atoms with E-state index in [9.17, 15) is 0 Å². The summed E-state index contributed by atoms with van der Waals surface area (Å²) >= 11 is 0. The van der Waals surface area contributed by atoms with Crippen LogP contribution in [0.2, 0.25) is 0 Å². The minimum absolute atomic E-state index is 1.13. The van der Waals surface area contributed by atoms with Crippen molar-refractivity contribution in [1.82, 2.24) is 4.57 Å². The lowest BCUT2D eigenvalue weighted by Crippen LogP contribution is -2.09. The van der Waals surface area contributed by atoms with Crippen LogP contribution < -0.4 is 4.90 Å². The molecule has 28 heavy (non-hydrogen) atoms. The summed E-state index contributed by atoms with van der Waals surface area (Å²) in [7, 11) is 4.32. The maximum absolute atomic E-state index is 2.35. The van der Waals surface area contributed by atoms with Crippen molar-refractivity contribution in [3.05, 3.63) is 90.1 Å². The molecule has 0 atom stereocenters. The quantitative estimate of drug-likeness (QED) is 0.399. The van der Waals surface area contributed by atoms with Crippen molar-refractivity contribution in [2.45, 2.75) is 12.8 Å². The van der Waals surface area contributed by atoms with Crippen LogP contribution in [0.3, 0.4) is 0 Å². The molecular formula is C26H24N2. The Hall–Kier alpha value is -3.26. The van der Waals surface area contributed by atoms with Crippen molar-refractivity contribution in [3.8, 4) is 11.1 Å². The maximum Gasteiger partial charge on any atom is 0.0486 e. The number of hydrogen-bond donors (Lipinski definition) is 0. The largest absolute Gasteiger partial charge is 0.345 e. The van der Waals surface area contributed by atoms with Crippen molar-refractivity contribution in [1.29, 1.82) is 0 Å². The molecule has 2 nitrogen and oxygen atoms in total. The molecule has 0 N–H and O–H groups in total. The van der Waals surface area contributed by atoms with Crippen molar-refractivity contribution < 1.29 is 0 Å². The number of benzene rings is 3. The lowest BCUT2D eigenvalue weighted by Gasteiger charge is -2.20. The molecule has 4 aromatic rings. The first-order chi connectivity index (χ1) is 13.7. The fourth-order valence-corrected chi connectivity index (χ4v) is 4.29. The lowest BCUT2D eigenvalue weighted by atomic mass is 10.0. The highest BCUT2D eigenvalue weighted by Gasteiger charge is 2.16. The number of aryl methyl sites for hydroxylation is 2. The van der Waals surface area contributed by atoms with Gasteiger partial charge >= 0.3 is 0 Å². The Morgan fingerprint density at radius 1 is 0.821 bits per heavy atom. The van der Waals surface area contributed by atoms with Crippen LogP contribution in [0.1, 0.15) is 17.7 Å². The van der Waals surface area contributed by atoms with Crippen molar-refractivity contribution in [2.75, 3.05) is 11.9 Å². The van der Waals surface area contributed by atoms with Crippen LogP contribution in [0.5, 0.6) is 0 Å².